The van der Waals surface area contributed by atoms with Gasteiger partial charge in [-0.3, -0.25) is 14.4 Å². The van der Waals surface area contributed by atoms with Crippen molar-refractivity contribution in [2.24, 2.45) is 5.92 Å². The van der Waals surface area contributed by atoms with Crippen molar-refractivity contribution in [3.05, 3.63) is 34.9 Å². The first kappa shape index (κ1) is 23.2. The molecule has 1 aliphatic rings. The van der Waals surface area contributed by atoms with E-state index in [2.05, 4.69) is 22.0 Å². The van der Waals surface area contributed by atoms with Crippen molar-refractivity contribution in [2.45, 2.75) is 76.9 Å². The number of carbonyl (C=O) groups is 3. The zero-order chi connectivity index (χ0) is 21.4. The van der Waals surface area contributed by atoms with Crippen LogP contribution in [0.5, 0.6) is 0 Å². The standard InChI is InChI=1S/C22H32ClN3O3/c1-14(2)11-20(26-21(28)15(3)24-13-27)22(29)25-19-10-5-4-9-18(19)16-7-6-8-17(23)12-16/h6-8,12-15,18-20H,4-5,9-11H2,1-3H3,(H,24,27)(H,25,29)(H,26,28)/t15?,18?,19-,20+/m1/s1. The number of nitrogens with one attached hydrogen (secondary N) is 3. The number of amides is 3. The Morgan fingerprint density at radius 1 is 1.17 bits per heavy atom. The van der Waals surface area contributed by atoms with Crippen molar-refractivity contribution >= 4 is 29.8 Å². The molecule has 0 aliphatic heterocycles. The number of benzene rings is 1. The summed E-state index contributed by atoms with van der Waals surface area (Å²) < 4.78 is 0. The highest BCUT2D eigenvalue weighted by atomic mass is 35.5. The SMILES string of the molecule is CC(C)C[C@H](NC(=O)C(C)NC=O)C(=O)N[C@@H]1CCCCC1c1cccc(Cl)c1. The second-order valence-electron chi connectivity index (χ2n) is 8.26. The summed E-state index contributed by atoms with van der Waals surface area (Å²) in [5, 5.41) is 9.09. The Morgan fingerprint density at radius 3 is 2.55 bits per heavy atom. The lowest BCUT2D eigenvalue weighted by molar-refractivity contribution is -0.131. The summed E-state index contributed by atoms with van der Waals surface area (Å²) in [5.74, 6) is -0.106. The van der Waals surface area contributed by atoms with E-state index in [1.165, 1.54) is 0 Å². The van der Waals surface area contributed by atoms with Gasteiger partial charge in [0, 0.05) is 17.0 Å². The molecular formula is C22H32ClN3O3. The third-order valence-electron chi connectivity index (χ3n) is 5.42. The van der Waals surface area contributed by atoms with E-state index >= 15 is 0 Å². The van der Waals surface area contributed by atoms with Crippen LogP contribution in [0, 0.1) is 5.92 Å². The molecule has 1 fully saturated rings. The van der Waals surface area contributed by atoms with Gasteiger partial charge in [0.15, 0.2) is 0 Å². The number of hydrogen-bond donors (Lipinski definition) is 3. The lowest BCUT2D eigenvalue weighted by Crippen LogP contribution is -2.54. The van der Waals surface area contributed by atoms with E-state index in [0.717, 1.165) is 31.2 Å². The highest BCUT2D eigenvalue weighted by Crippen LogP contribution is 2.34. The molecule has 0 heterocycles. The molecule has 0 bridgehead atoms. The highest BCUT2D eigenvalue weighted by Gasteiger charge is 2.31. The maximum Gasteiger partial charge on any atom is 0.242 e. The van der Waals surface area contributed by atoms with Gasteiger partial charge in [-0.25, -0.2) is 0 Å². The zero-order valence-corrected chi connectivity index (χ0v) is 18.2. The van der Waals surface area contributed by atoms with Gasteiger partial charge < -0.3 is 16.0 Å². The van der Waals surface area contributed by atoms with Gasteiger partial charge in [-0.1, -0.05) is 50.4 Å². The molecule has 0 spiro atoms. The van der Waals surface area contributed by atoms with Crippen LogP contribution in [0.1, 0.15) is 64.4 Å². The molecule has 1 aliphatic carbocycles. The van der Waals surface area contributed by atoms with Crippen LogP contribution in [0.4, 0.5) is 0 Å². The number of rotatable bonds is 9. The van der Waals surface area contributed by atoms with Crippen LogP contribution in [-0.2, 0) is 14.4 Å². The van der Waals surface area contributed by atoms with Crippen molar-refractivity contribution in [1.29, 1.82) is 0 Å². The first-order chi connectivity index (χ1) is 13.8. The van der Waals surface area contributed by atoms with Crippen LogP contribution in [0.25, 0.3) is 0 Å². The zero-order valence-electron chi connectivity index (χ0n) is 17.4. The van der Waals surface area contributed by atoms with Gasteiger partial charge in [0.25, 0.3) is 0 Å². The largest absolute Gasteiger partial charge is 0.351 e. The van der Waals surface area contributed by atoms with Crippen LogP contribution in [0.3, 0.4) is 0 Å². The van der Waals surface area contributed by atoms with Gasteiger partial charge in [-0.2, -0.15) is 0 Å². The van der Waals surface area contributed by atoms with Crippen molar-refractivity contribution in [1.82, 2.24) is 16.0 Å². The minimum atomic E-state index is -0.691. The van der Waals surface area contributed by atoms with Gasteiger partial charge in [0.1, 0.15) is 12.1 Å². The highest BCUT2D eigenvalue weighted by molar-refractivity contribution is 6.30. The molecule has 1 saturated carbocycles. The molecule has 3 N–H and O–H groups in total. The third kappa shape index (κ3) is 7.03. The van der Waals surface area contributed by atoms with Gasteiger partial charge in [0.05, 0.1) is 0 Å². The van der Waals surface area contributed by atoms with Gasteiger partial charge >= 0.3 is 0 Å². The van der Waals surface area contributed by atoms with E-state index in [0.29, 0.717) is 17.9 Å². The quantitative estimate of drug-likeness (QED) is 0.535. The lowest BCUT2D eigenvalue weighted by Gasteiger charge is -2.34. The molecule has 1 aromatic carbocycles. The molecule has 29 heavy (non-hydrogen) atoms. The average Bonchev–Trinajstić information content (AvgIpc) is 2.67. The molecule has 0 saturated heterocycles. The molecule has 160 valence electrons. The molecule has 2 rings (SSSR count). The Kier molecular flexibility index (Phi) is 8.96. The first-order valence-electron chi connectivity index (χ1n) is 10.4. The summed E-state index contributed by atoms with van der Waals surface area (Å²) in [6.07, 6.45) is 5.08. The fourth-order valence-corrected chi connectivity index (χ4v) is 4.10. The minimum absolute atomic E-state index is 0.00630. The fraction of sp³-hybridized carbons (Fsp3) is 0.591. The van der Waals surface area contributed by atoms with Crippen LogP contribution in [0.15, 0.2) is 24.3 Å². The van der Waals surface area contributed by atoms with Crippen molar-refractivity contribution in [3.63, 3.8) is 0 Å². The maximum atomic E-state index is 13.1. The molecule has 0 radical (unpaired) electrons. The smallest absolute Gasteiger partial charge is 0.242 e. The molecule has 4 atom stereocenters. The van der Waals surface area contributed by atoms with E-state index in [9.17, 15) is 14.4 Å². The normalized spacial score (nSPS) is 21.1. The van der Waals surface area contributed by atoms with Crippen molar-refractivity contribution in [2.75, 3.05) is 0 Å². The molecule has 7 heteroatoms. The third-order valence-corrected chi connectivity index (χ3v) is 5.66. The molecule has 6 nitrogen and oxygen atoms in total. The van der Waals surface area contributed by atoms with Crippen LogP contribution < -0.4 is 16.0 Å². The Labute approximate surface area is 178 Å². The maximum absolute atomic E-state index is 13.1. The predicted octanol–water partition coefficient (Wildman–Crippen LogP) is 3.15. The van der Waals surface area contributed by atoms with Crippen molar-refractivity contribution < 1.29 is 14.4 Å². The predicted molar refractivity (Wildman–Crippen MR) is 115 cm³/mol. The minimum Gasteiger partial charge on any atom is -0.351 e. The first-order valence-corrected chi connectivity index (χ1v) is 10.8. The Morgan fingerprint density at radius 2 is 1.90 bits per heavy atom. The summed E-state index contributed by atoms with van der Waals surface area (Å²) in [5.41, 5.74) is 1.13. The summed E-state index contributed by atoms with van der Waals surface area (Å²) in [7, 11) is 0. The van der Waals surface area contributed by atoms with Gasteiger partial charge in [-0.05, 0) is 49.8 Å². The van der Waals surface area contributed by atoms with E-state index in [-0.39, 0.29) is 29.7 Å². The topological polar surface area (TPSA) is 87.3 Å². The lowest BCUT2D eigenvalue weighted by atomic mass is 9.80. The number of halogens is 1. The summed E-state index contributed by atoms with van der Waals surface area (Å²) in [6.45, 7) is 5.61. The fourth-order valence-electron chi connectivity index (χ4n) is 3.90. The Bertz CT molecular complexity index is 710. The Hall–Kier alpha value is -2.08. The van der Waals surface area contributed by atoms with Crippen LogP contribution in [0.2, 0.25) is 5.02 Å². The van der Waals surface area contributed by atoms with Gasteiger partial charge in [-0.15, -0.1) is 0 Å². The monoisotopic (exact) mass is 421 g/mol. The summed E-state index contributed by atoms with van der Waals surface area (Å²) in [4.78, 5) is 36.0. The molecule has 3 amide bonds. The molecular weight excluding hydrogens is 390 g/mol. The van der Waals surface area contributed by atoms with Gasteiger partial charge in [0.2, 0.25) is 18.2 Å². The number of hydrogen-bond acceptors (Lipinski definition) is 3. The van der Waals surface area contributed by atoms with Crippen molar-refractivity contribution in [3.8, 4) is 0 Å². The molecule has 2 unspecified atom stereocenters. The summed E-state index contributed by atoms with van der Waals surface area (Å²) in [6, 6.07) is 6.49. The Balaban J connectivity index is 2.10. The van der Waals surface area contributed by atoms with E-state index in [1.807, 2.05) is 32.0 Å². The van der Waals surface area contributed by atoms with Crippen LogP contribution in [-0.4, -0.2) is 36.3 Å². The average molecular weight is 422 g/mol. The second kappa shape index (κ2) is 11.2. The van der Waals surface area contributed by atoms with E-state index in [1.54, 1.807) is 6.92 Å². The second-order valence-corrected chi connectivity index (χ2v) is 8.69. The summed E-state index contributed by atoms with van der Waals surface area (Å²) >= 11 is 6.17. The number of carbonyl (C=O) groups excluding carboxylic acids is 3. The van der Waals surface area contributed by atoms with E-state index < -0.39 is 12.1 Å². The van der Waals surface area contributed by atoms with Crippen LogP contribution >= 0.6 is 11.6 Å². The van der Waals surface area contributed by atoms with E-state index in [4.69, 9.17) is 11.6 Å². The molecule has 0 aromatic heterocycles. The molecule has 1 aromatic rings.